The molecule has 2 atom stereocenters. The second-order valence-electron chi connectivity index (χ2n) is 6.67. The van der Waals surface area contributed by atoms with Crippen molar-refractivity contribution in [3.05, 3.63) is 51.3 Å². The fourth-order valence-electron chi connectivity index (χ4n) is 3.71. The maximum Gasteiger partial charge on any atom is 0.264 e. The molecule has 0 unspecified atom stereocenters. The van der Waals surface area contributed by atoms with Crippen molar-refractivity contribution in [3.63, 3.8) is 0 Å². The van der Waals surface area contributed by atoms with Crippen LogP contribution in [0.25, 0.3) is 10.7 Å². The molecule has 0 radical (unpaired) electrons. The van der Waals surface area contributed by atoms with Gasteiger partial charge in [-0.05, 0) is 43.0 Å². The van der Waals surface area contributed by atoms with Crippen molar-refractivity contribution in [1.29, 1.82) is 0 Å². The second kappa shape index (κ2) is 6.02. The summed E-state index contributed by atoms with van der Waals surface area (Å²) in [5.74, 6) is 1.36. The van der Waals surface area contributed by atoms with Gasteiger partial charge in [-0.2, -0.15) is 0 Å². The number of likely N-dealkylation sites (tertiary alicyclic amines) is 1. The van der Waals surface area contributed by atoms with E-state index >= 15 is 0 Å². The van der Waals surface area contributed by atoms with Gasteiger partial charge in [-0.3, -0.25) is 9.59 Å². The molecule has 24 heavy (non-hydrogen) atoms. The number of amides is 1. The number of hydrogen-bond donors (Lipinski definition) is 1. The van der Waals surface area contributed by atoms with Crippen LogP contribution in [0.3, 0.4) is 0 Å². The van der Waals surface area contributed by atoms with Gasteiger partial charge < -0.3 is 9.88 Å². The molecule has 124 valence electrons. The van der Waals surface area contributed by atoms with Gasteiger partial charge >= 0.3 is 0 Å². The summed E-state index contributed by atoms with van der Waals surface area (Å²) < 4.78 is 0. The highest BCUT2D eigenvalue weighted by atomic mass is 32.1. The Morgan fingerprint density at radius 3 is 2.96 bits per heavy atom. The molecular weight excluding hydrogens is 322 g/mol. The Labute approximate surface area is 144 Å². The van der Waals surface area contributed by atoms with Crippen LogP contribution in [0.1, 0.15) is 30.1 Å². The predicted octanol–water partition coefficient (Wildman–Crippen LogP) is 2.93. The third-order valence-electron chi connectivity index (χ3n) is 5.00. The van der Waals surface area contributed by atoms with Crippen molar-refractivity contribution >= 4 is 17.2 Å². The predicted molar refractivity (Wildman–Crippen MR) is 94.0 cm³/mol. The van der Waals surface area contributed by atoms with Gasteiger partial charge in [-0.1, -0.05) is 17.7 Å². The Morgan fingerprint density at radius 2 is 2.21 bits per heavy atom. The first-order valence-electron chi connectivity index (χ1n) is 8.20. The summed E-state index contributed by atoms with van der Waals surface area (Å²) in [7, 11) is 0. The van der Waals surface area contributed by atoms with E-state index in [1.54, 1.807) is 0 Å². The number of rotatable bonds is 2. The van der Waals surface area contributed by atoms with Crippen LogP contribution < -0.4 is 5.56 Å². The molecule has 1 aliphatic heterocycles. The van der Waals surface area contributed by atoms with Gasteiger partial charge in [0.15, 0.2) is 0 Å². The van der Waals surface area contributed by atoms with Crippen LogP contribution >= 0.6 is 11.3 Å². The maximum atomic E-state index is 12.7. The van der Waals surface area contributed by atoms with Crippen LogP contribution in [0.5, 0.6) is 0 Å². The average molecular weight is 341 g/mol. The molecule has 0 aromatic carbocycles. The molecule has 2 aromatic heterocycles. The molecule has 1 N–H and O–H groups in total. The number of carbonyl (C=O) groups excluding carboxylic acids is 1. The number of fused-ring (bicyclic) bond motifs is 1. The number of nitrogens with one attached hydrogen (secondary N) is 1. The first-order chi connectivity index (χ1) is 11.6. The smallest absolute Gasteiger partial charge is 0.264 e. The van der Waals surface area contributed by atoms with E-state index in [4.69, 9.17) is 0 Å². The topological polar surface area (TPSA) is 66.1 Å². The van der Waals surface area contributed by atoms with Crippen LogP contribution in [-0.4, -0.2) is 33.9 Å². The normalized spacial score (nSPS) is 23.0. The summed E-state index contributed by atoms with van der Waals surface area (Å²) in [6.45, 7) is 3.62. The maximum absolute atomic E-state index is 12.7. The number of allylic oxidation sites excluding steroid dienone is 2. The van der Waals surface area contributed by atoms with E-state index in [9.17, 15) is 9.59 Å². The van der Waals surface area contributed by atoms with Crippen LogP contribution in [0.15, 0.2) is 40.2 Å². The van der Waals surface area contributed by atoms with Crippen molar-refractivity contribution in [2.45, 2.75) is 19.8 Å². The third kappa shape index (κ3) is 2.71. The van der Waals surface area contributed by atoms with E-state index in [1.165, 1.54) is 23.1 Å². The Balaban J connectivity index is 1.54. The highest BCUT2D eigenvalue weighted by Crippen LogP contribution is 2.36. The van der Waals surface area contributed by atoms with Crippen LogP contribution in [0, 0.1) is 11.8 Å². The van der Waals surface area contributed by atoms with Gasteiger partial charge in [0.1, 0.15) is 11.4 Å². The average Bonchev–Trinajstić information content (AvgIpc) is 3.23. The zero-order valence-electron chi connectivity index (χ0n) is 13.5. The van der Waals surface area contributed by atoms with Crippen molar-refractivity contribution in [2.75, 3.05) is 13.1 Å². The van der Waals surface area contributed by atoms with Crippen molar-refractivity contribution in [1.82, 2.24) is 14.9 Å². The van der Waals surface area contributed by atoms with Gasteiger partial charge in [-0.15, -0.1) is 11.3 Å². The summed E-state index contributed by atoms with van der Waals surface area (Å²) in [4.78, 5) is 34.8. The van der Waals surface area contributed by atoms with Crippen molar-refractivity contribution in [2.24, 2.45) is 11.8 Å². The monoisotopic (exact) mass is 341 g/mol. The van der Waals surface area contributed by atoms with Crippen molar-refractivity contribution in [3.8, 4) is 10.7 Å². The number of thiophene rings is 1. The summed E-state index contributed by atoms with van der Waals surface area (Å²) in [5, 5.41) is 1.93. The lowest BCUT2D eigenvalue weighted by atomic mass is 9.83. The molecule has 1 amide bonds. The molecule has 0 bridgehead atoms. The second-order valence-corrected chi connectivity index (χ2v) is 7.62. The lowest BCUT2D eigenvalue weighted by Crippen LogP contribution is -2.33. The molecule has 1 saturated heterocycles. The molecule has 6 heteroatoms. The molecule has 1 fully saturated rings. The molecule has 5 nitrogen and oxygen atoms in total. The highest BCUT2D eigenvalue weighted by Gasteiger charge is 2.37. The van der Waals surface area contributed by atoms with E-state index in [0.717, 1.165) is 30.8 Å². The number of hydrogen-bond acceptors (Lipinski definition) is 4. The number of carbonyl (C=O) groups is 1. The summed E-state index contributed by atoms with van der Waals surface area (Å²) in [5.41, 5.74) is 1.19. The van der Waals surface area contributed by atoms with Gasteiger partial charge in [0, 0.05) is 19.3 Å². The summed E-state index contributed by atoms with van der Waals surface area (Å²) in [6, 6.07) is 3.80. The summed E-state index contributed by atoms with van der Waals surface area (Å²) in [6.07, 6.45) is 5.79. The van der Waals surface area contributed by atoms with Crippen molar-refractivity contribution < 1.29 is 4.79 Å². The van der Waals surface area contributed by atoms with E-state index in [2.05, 4.69) is 23.0 Å². The van der Waals surface area contributed by atoms with E-state index in [-0.39, 0.29) is 17.0 Å². The Bertz CT molecular complexity index is 853. The number of nitrogens with zero attached hydrogens (tertiary/aromatic N) is 2. The zero-order chi connectivity index (χ0) is 16.7. The molecule has 4 rings (SSSR count). The largest absolute Gasteiger partial charge is 0.338 e. The van der Waals surface area contributed by atoms with Crippen LogP contribution in [-0.2, 0) is 0 Å². The first-order valence-corrected chi connectivity index (χ1v) is 9.08. The van der Waals surface area contributed by atoms with Crippen LogP contribution in [0.4, 0.5) is 0 Å². The van der Waals surface area contributed by atoms with Crippen LogP contribution in [0.2, 0.25) is 0 Å². The van der Waals surface area contributed by atoms with Gasteiger partial charge in [-0.25, -0.2) is 4.98 Å². The third-order valence-corrected chi connectivity index (χ3v) is 5.88. The van der Waals surface area contributed by atoms with E-state index < -0.39 is 0 Å². The number of aromatic nitrogens is 2. The zero-order valence-corrected chi connectivity index (χ0v) is 14.3. The lowest BCUT2D eigenvalue weighted by molar-refractivity contribution is 0.0782. The minimum atomic E-state index is -0.359. The summed E-state index contributed by atoms with van der Waals surface area (Å²) >= 11 is 1.50. The molecular formula is C18H19N3O2S. The highest BCUT2D eigenvalue weighted by molar-refractivity contribution is 7.13. The molecule has 2 aromatic rings. The standard InChI is InChI=1S/C18H19N3O2S/c1-11-4-5-12-9-21(10-13(12)7-11)18(23)14-8-19-16(20-17(14)22)15-3-2-6-24-15/h2-4,6,8,12-13H,5,7,9-10H2,1H3,(H,19,20,22)/t12-,13+/m1/s1. The first kappa shape index (κ1) is 15.3. The van der Waals surface area contributed by atoms with E-state index in [0.29, 0.717) is 17.7 Å². The number of aromatic amines is 1. The molecule has 0 saturated carbocycles. The fourth-order valence-corrected chi connectivity index (χ4v) is 4.38. The SMILES string of the molecule is CC1=CC[C@@H]2CN(C(=O)c3cnc(-c4cccs4)[nH]c3=O)C[C@@H]2C1. The quantitative estimate of drug-likeness (QED) is 0.854. The Morgan fingerprint density at radius 1 is 1.38 bits per heavy atom. The number of H-pyrrole nitrogens is 1. The molecule has 0 spiro atoms. The van der Waals surface area contributed by atoms with E-state index in [1.807, 2.05) is 22.4 Å². The fraction of sp³-hybridized carbons (Fsp3) is 0.389. The van der Waals surface area contributed by atoms with Gasteiger partial charge in [0.05, 0.1) is 4.88 Å². The minimum absolute atomic E-state index is 0.138. The molecule has 2 aliphatic rings. The van der Waals surface area contributed by atoms with Gasteiger partial charge in [0.2, 0.25) is 0 Å². The lowest BCUT2D eigenvalue weighted by Gasteiger charge is -2.21. The Hall–Kier alpha value is -2.21. The van der Waals surface area contributed by atoms with Gasteiger partial charge in [0.25, 0.3) is 11.5 Å². The molecule has 1 aliphatic carbocycles. The molecule has 3 heterocycles. The minimum Gasteiger partial charge on any atom is -0.338 e. The Kier molecular flexibility index (Phi) is 3.84.